The summed E-state index contributed by atoms with van der Waals surface area (Å²) in [6, 6.07) is 6.23. The summed E-state index contributed by atoms with van der Waals surface area (Å²) in [7, 11) is 0. The van der Waals surface area contributed by atoms with Crippen LogP contribution in [-0.4, -0.2) is 52.5 Å². The zero-order valence-electron chi connectivity index (χ0n) is 23.6. The van der Waals surface area contributed by atoms with Crippen LogP contribution < -0.4 is 10.6 Å². The number of likely N-dealkylation sites (tertiary alicyclic amines) is 1. The molecule has 7 nitrogen and oxygen atoms in total. The van der Waals surface area contributed by atoms with Gasteiger partial charge in [0.15, 0.2) is 0 Å². The number of hydrogen-bond donors (Lipinski definition) is 2. The van der Waals surface area contributed by atoms with Crippen LogP contribution in [0.4, 0.5) is 5.69 Å². The van der Waals surface area contributed by atoms with Crippen LogP contribution in [0.2, 0.25) is 5.02 Å². The van der Waals surface area contributed by atoms with Gasteiger partial charge < -0.3 is 20.3 Å². The number of nitrogens with zero attached hydrogens (tertiary/aromatic N) is 1. The smallest absolute Gasteiger partial charge is 0.246 e. The Bertz CT molecular complexity index is 1160. The summed E-state index contributed by atoms with van der Waals surface area (Å²) in [4.78, 5) is 44.3. The van der Waals surface area contributed by atoms with E-state index < -0.39 is 29.6 Å². The van der Waals surface area contributed by atoms with Gasteiger partial charge in [-0.3, -0.25) is 14.4 Å². The Morgan fingerprint density at radius 1 is 0.950 bits per heavy atom. The average molecular weight is 568 g/mol. The first-order valence-electron chi connectivity index (χ1n) is 15.4. The fourth-order valence-electron chi connectivity index (χ4n) is 8.12. The van der Waals surface area contributed by atoms with E-state index in [2.05, 4.69) is 24.5 Å². The number of amides is 3. The van der Waals surface area contributed by atoms with Crippen LogP contribution in [0, 0.1) is 23.7 Å². The van der Waals surface area contributed by atoms with Crippen molar-refractivity contribution in [2.45, 2.75) is 108 Å². The van der Waals surface area contributed by atoms with Gasteiger partial charge in [0, 0.05) is 22.8 Å². The van der Waals surface area contributed by atoms with Gasteiger partial charge in [0.05, 0.1) is 17.9 Å². The second kappa shape index (κ2) is 11.1. The van der Waals surface area contributed by atoms with Crippen molar-refractivity contribution in [3.05, 3.63) is 41.4 Å². The minimum atomic E-state index is -1.13. The van der Waals surface area contributed by atoms with Crippen molar-refractivity contribution < 1.29 is 19.1 Å². The summed E-state index contributed by atoms with van der Waals surface area (Å²) in [6.45, 7) is 4.48. The first-order valence-corrected chi connectivity index (χ1v) is 15.7. The molecule has 2 saturated heterocycles. The topological polar surface area (TPSA) is 87.7 Å². The number of rotatable bonds is 5. The highest BCUT2D eigenvalue weighted by Gasteiger charge is 2.73. The number of fused-ring (bicyclic) bond motifs is 1. The Morgan fingerprint density at radius 2 is 1.65 bits per heavy atom. The van der Waals surface area contributed by atoms with Crippen molar-refractivity contribution >= 4 is 35.0 Å². The lowest BCUT2D eigenvalue weighted by atomic mass is 9.73. The highest BCUT2D eigenvalue weighted by molar-refractivity contribution is 6.30. The van der Waals surface area contributed by atoms with Crippen LogP contribution >= 0.6 is 11.6 Å². The minimum Gasteiger partial charge on any atom is -0.359 e. The first-order chi connectivity index (χ1) is 19.3. The van der Waals surface area contributed by atoms with Crippen molar-refractivity contribution in [3.8, 4) is 0 Å². The fourth-order valence-corrected chi connectivity index (χ4v) is 8.24. The highest BCUT2D eigenvalue weighted by Crippen LogP contribution is 2.56. The Balaban J connectivity index is 1.32. The third-order valence-electron chi connectivity index (χ3n) is 10.5. The van der Waals surface area contributed by atoms with Crippen molar-refractivity contribution in [2.75, 3.05) is 5.32 Å². The van der Waals surface area contributed by atoms with Crippen LogP contribution in [0.1, 0.15) is 78.1 Å². The predicted molar refractivity (Wildman–Crippen MR) is 155 cm³/mol. The second-order valence-corrected chi connectivity index (χ2v) is 13.3. The molecule has 2 N–H and O–H groups in total. The zero-order valence-corrected chi connectivity index (χ0v) is 24.4. The number of anilines is 1. The number of carbonyl (C=O) groups excluding carboxylic acids is 3. The zero-order chi connectivity index (χ0) is 28.0. The highest BCUT2D eigenvalue weighted by atomic mass is 35.5. The lowest BCUT2D eigenvalue weighted by molar-refractivity contribution is -0.144. The van der Waals surface area contributed by atoms with E-state index in [0.717, 1.165) is 51.4 Å². The third kappa shape index (κ3) is 4.77. The summed E-state index contributed by atoms with van der Waals surface area (Å²) in [6.07, 6.45) is 13.8. The van der Waals surface area contributed by atoms with Crippen LogP contribution in [-0.2, 0) is 19.1 Å². The molecule has 1 aromatic rings. The van der Waals surface area contributed by atoms with E-state index in [9.17, 15) is 14.4 Å². The molecule has 8 atom stereocenters. The third-order valence-corrected chi connectivity index (χ3v) is 10.7. The van der Waals surface area contributed by atoms with Crippen LogP contribution in [0.5, 0.6) is 0 Å². The quantitative estimate of drug-likeness (QED) is 0.461. The van der Waals surface area contributed by atoms with Gasteiger partial charge in [-0.15, -0.1) is 0 Å². The number of halogens is 1. The lowest BCUT2D eigenvalue weighted by Crippen LogP contribution is -2.59. The Hall–Kier alpha value is -2.38. The molecule has 2 bridgehead atoms. The first kappa shape index (κ1) is 27.8. The predicted octanol–water partition coefficient (Wildman–Crippen LogP) is 5.48. The molecule has 2 aliphatic carbocycles. The van der Waals surface area contributed by atoms with Gasteiger partial charge in [-0.1, -0.05) is 82.5 Å². The summed E-state index contributed by atoms with van der Waals surface area (Å²) in [5.74, 6) is -1.02. The van der Waals surface area contributed by atoms with E-state index in [1.807, 2.05) is 17.1 Å². The molecule has 6 rings (SSSR count). The molecule has 1 aromatic carbocycles. The van der Waals surface area contributed by atoms with Crippen molar-refractivity contribution in [3.63, 3.8) is 0 Å². The van der Waals surface area contributed by atoms with E-state index in [1.54, 1.807) is 24.3 Å². The van der Waals surface area contributed by atoms with E-state index in [4.69, 9.17) is 16.3 Å². The molecular formula is C32H42ClN3O4. The molecule has 4 fully saturated rings. The monoisotopic (exact) mass is 567 g/mol. The lowest BCUT2D eigenvalue weighted by Gasteiger charge is -2.40. The van der Waals surface area contributed by atoms with Gasteiger partial charge >= 0.3 is 0 Å². The summed E-state index contributed by atoms with van der Waals surface area (Å²) in [5, 5.41) is 6.94. The number of carbonyl (C=O) groups is 3. The Morgan fingerprint density at radius 3 is 2.38 bits per heavy atom. The normalized spacial score (nSPS) is 37.6. The summed E-state index contributed by atoms with van der Waals surface area (Å²) < 4.78 is 6.58. The Kier molecular flexibility index (Phi) is 7.73. The summed E-state index contributed by atoms with van der Waals surface area (Å²) >= 11 is 6.03. The van der Waals surface area contributed by atoms with Crippen LogP contribution in [0.3, 0.4) is 0 Å². The largest absolute Gasteiger partial charge is 0.359 e. The van der Waals surface area contributed by atoms with Crippen molar-refractivity contribution in [2.24, 2.45) is 23.7 Å². The molecule has 5 aliphatic rings. The average Bonchev–Trinajstić information content (AvgIpc) is 3.55. The van der Waals surface area contributed by atoms with Gasteiger partial charge in [-0.2, -0.15) is 0 Å². The van der Waals surface area contributed by atoms with Gasteiger partial charge in [0.1, 0.15) is 11.6 Å². The molecule has 0 aromatic heterocycles. The fraction of sp³-hybridized carbons (Fsp3) is 0.656. The Labute approximate surface area is 242 Å². The molecule has 3 aliphatic heterocycles. The van der Waals surface area contributed by atoms with E-state index in [0.29, 0.717) is 22.5 Å². The van der Waals surface area contributed by atoms with E-state index in [1.165, 1.54) is 12.8 Å². The molecule has 0 radical (unpaired) electrons. The molecule has 8 heteroatoms. The number of nitrogens with one attached hydrogen (secondary N) is 2. The van der Waals surface area contributed by atoms with E-state index >= 15 is 0 Å². The molecule has 3 heterocycles. The van der Waals surface area contributed by atoms with Gasteiger partial charge in [-0.05, 0) is 55.4 Å². The molecule has 2 saturated carbocycles. The summed E-state index contributed by atoms with van der Waals surface area (Å²) in [5.41, 5.74) is -0.507. The number of benzene rings is 1. The van der Waals surface area contributed by atoms with Gasteiger partial charge in [0.25, 0.3) is 0 Å². The van der Waals surface area contributed by atoms with Gasteiger partial charge in [0.2, 0.25) is 17.7 Å². The maximum atomic E-state index is 14.4. The number of ether oxygens (including phenoxy) is 1. The molecule has 216 valence electrons. The number of hydrogen-bond acceptors (Lipinski definition) is 4. The minimum absolute atomic E-state index is 0.0257. The van der Waals surface area contributed by atoms with Gasteiger partial charge in [-0.25, -0.2) is 0 Å². The van der Waals surface area contributed by atoms with E-state index in [-0.39, 0.29) is 29.8 Å². The maximum Gasteiger partial charge on any atom is 0.246 e. The second-order valence-electron chi connectivity index (χ2n) is 12.8. The SMILES string of the molecule is C[C@H]1[C@H](C)CCC[C@@H]1NC(=O)[C@@H]1N(C2CCCCCCC2)C(=O)[C@@H]2[C@@H](C(=O)Nc3ccc(Cl)cc3)[C@@H]3C=C[C@]21O3. The van der Waals surface area contributed by atoms with Crippen LogP contribution in [0.15, 0.2) is 36.4 Å². The molecular weight excluding hydrogens is 526 g/mol. The van der Waals surface area contributed by atoms with Crippen molar-refractivity contribution in [1.82, 2.24) is 10.2 Å². The van der Waals surface area contributed by atoms with Crippen LogP contribution in [0.25, 0.3) is 0 Å². The molecule has 1 spiro atoms. The molecule has 3 amide bonds. The molecule has 40 heavy (non-hydrogen) atoms. The molecule has 0 unspecified atom stereocenters. The maximum absolute atomic E-state index is 14.4. The van der Waals surface area contributed by atoms with Crippen molar-refractivity contribution in [1.29, 1.82) is 0 Å². The standard InChI is InChI=1S/C32H42ClN3O4/c1-19-9-8-12-24(20(19)2)35-30(38)28-32-18-17-25(40-32)26(29(37)34-22-15-13-21(33)14-16-22)27(32)31(39)36(28)23-10-6-4-3-5-7-11-23/h13-20,23-28H,3-12H2,1-2H3,(H,34,37)(H,35,38)/t19-,20+,24+,25+,26+,27+,28+,32+/m1/s1.